The van der Waals surface area contributed by atoms with E-state index in [9.17, 15) is 63.3 Å². The average molecular weight is 1070 g/mol. The average Bonchev–Trinajstić information content (AvgIpc) is 3.34. The van der Waals surface area contributed by atoms with Gasteiger partial charge in [0, 0.05) is 50.2 Å². The molecule has 9 atom stereocenters. The first kappa shape index (κ1) is 65.1. The fourth-order valence-corrected chi connectivity index (χ4v) is 7.87. The molecule has 0 saturated carbocycles. The molecule has 76 heavy (non-hydrogen) atoms. The number of aliphatic hydroxyl groups is 2. The highest BCUT2D eigenvalue weighted by molar-refractivity contribution is 5.92. The van der Waals surface area contributed by atoms with Gasteiger partial charge in [-0.3, -0.25) is 47.9 Å². The molecule has 24 nitrogen and oxygen atoms in total. The van der Waals surface area contributed by atoms with Crippen LogP contribution in [0, 0.1) is 11.8 Å². The summed E-state index contributed by atoms with van der Waals surface area (Å²) < 4.78 is 0. The molecule has 8 amide bonds. The number of unbranched alkanes of at least 4 members (excludes halogenated alkanes) is 1. The molecule has 0 saturated heterocycles. The third kappa shape index (κ3) is 26.0. The number of benzene rings is 2. The molecule has 0 radical (unpaired) electrons. The van der Waals surface area contributed by atoms with Crippen molar-refractivity contribution in [3.8, 4) is 0 Å². The molecule has 16 N–H and O–H groups in total. The second-order valence-electron chi connectivity index (χ2n) is 19.6. The van der Waals surface area contributed by atoms with Crippen molar-refractivity contribution in [3.63, 3.8) is 0 Å². The van der Waals surface area contributed by atoms with Crippen LogP contribution in [-0.4, -0.2) is 154 Å². The standard InChI is InChI=1S/C52H80N10O14/c1-30(2)20-41(60-44(66)23-35(56-48(71)38(54)29-64)21-33-14-8-6-9-15-33)50(73)57-36(26-47(69)70)24-45(67)61-42(22-34-16-10-7-11-17-34)51(74)62-40(31(3)4)27-46(68)59-39(18-12-13-19-53)49(72)58-37(28-63)25-43(65)55-32(5)52(75)76/h6-11,14-17,30-32,35-42,63-64H,12-13,18-29,53-54H2,1-5H3,(H,55,65)(H,56,71)(H,57,73)(H,58,72)(H,59,68)(H,60,66)(H,61,67)(H,62,74)(H,69,70)(H,75,76)/t32-,35-,36+,37+,38-,39-,40+,41-,42-/m0/s1. The number of aliphatic hydroxyl groups excluding tert-OH is 2. The molecule has 0 aromatic heterocycles. The van der Waals surface area contributed by atoms with Crippen molar-refractivity contribution in [2.24, 2.45) is 23.3 Å². The zero-order valence-corrected chi connectivity index (χ0v) is 44.0. The van der Waals surface area contributed by atoms with Crippen molar-refractivity contribution in [1.29, 1.82) is 0 Å². The number of carboxylic acids is 2. The van der Waals surface area contributed by atoms with Crippen LogP contribution >= 0.6 is 0 Å². The van der Waals surface area contributed by atoms with E-state index in [2.05, 4.69) is 42.5 Å². The lowest BCUT2D eigenvalue weighted by Gasteiger charge is -2.28. The van der Waals surface area contributed by atoms with Crippen molar-refractivity contribution in [3.05, 3.63) is 71.8 Å². The van der Waals surface area contributed by atoms with Gasteiger partial charge in [0.15, 0.2) is 0 Å². The Kier molecular flexibility index (Phi) is 29.6. The van der Waals surface area contributed by atoms with E-state index < -0.39 is 146 Å². The minimum absolute atomic E-state index is 0.0474. The summed E-state index contributed by atoms with van der Waals surface area (Å²) in [5.74, 6) is -8.93. The molecule has 0 spiro atoms. The minimum atomic E-state index is -1.36. The Labute approximate surface area is 443 Å². The molecule has 0 fully saturated rings. The van der Waals surface area contributed by atoms with E-state index in [0.29, 0.717) is 24.9 Å². The van der Waals surface area contributed by atoms with E-state index in [0.717, 1.165) is 5.56 Å². The number of carbonyl (C=O) groups excluding carboxylic acids is 8. The Morgan fingerprint density at radius 2 is 0.974 bits per heavy atom. The van der Waals surface area contributed by atoms with E-state index in [1.165, 1.54) is 6.92 Å². The van der Waals surface area contributed by atoms with Gasteiger partial charge in [-0.2, -0.15) is 0 Å². The highest BCUT2D eigenvalue weighted by Crippen LogP contribution is 2.14. The summed E-state index contributed by atoms with van der Waals surface area (Å²) in [6, 6.07) is 7.38. The van der Waals surface area contributed by atoms with Crippen LogP contribution < -0.4 is 54.0 Å². The third-order valence-electron chi connectivity index (χ3n) is 12.0. The van der Waals surface area contributed by atoms with Crippen LogP contribution in [0.15, 0.2) is 60.7 Å². The van der Waals surface area contributed by atoms with Crippen LogP contribution in [0.4, 0.5) is 0 Å². The van der Waals surface area contributed by atoms with E-state index in [1.807, 2.05) is 0 Å². The van der Waals surface area contributed by atoms with Crippen LogP contribution in [0.2, 0.25) is 0 Å². The maximum absolute atomic E-state index is 14.2. The first-order valence-electron chi connectivity index (χ1n) is 25.5. The van der Waals surface area contributed by atoms with Gasteiger partial charge in [0.25, 0.3) is 0 Å². The lowest BCUT2D eigenvalue weighted by atomic mass is 9.98. The smallest absolute Gasteiger partial charge is 0.325 e. The fraction of sp³-hybridized carbons (Fsp3) is 0.577. The normalized spacial score (nSPS) is 14.7. The monoisotopic (exact) mass is 1070 g/mol. The molecule has 0 aliphatic carbocycles. The molecule has 422 valence electrons. The maximum atomic E-state index is 14.2. The number of hydrogen-bond donors (Lipinski definition) is 14. The van der Waals surface area contributed by atoms with Gasteiger partial charge in [0.2, 0.25) is 47.3 Å². The number of nitrogens with two attached hydrogens (primary N) is 2. The molecule has 2 rings (SSSR count). The summed E-state index contributed by atoms with van der Waals surface area (Å²) in [6.07, 6.45) is -1.12. The van der Waals surface area contributed by atoms with Crippen LogP contribution in [0.1, 0.15) is 104 Å². The van der Waals surface area contributed by atoms with Gasteiger partial charge in [-0.25, -0.2) is 0 Å². The maximum Gasteiger partial charge on any atom is 0.325 e. The summed E-state index contributed by atoms with van der Waals surface area (Å²) in [7, 11) is 0. The highest BCUT2D eigenvalue weighted by atomic mass is 16.4. The van der Waals surface area contributed by atoms with Crippen molar-refractivity contribution in [2.45, 2.75) is 160 Å². The largest absolute Gasteiger partial charge is 0.481 e. The lowest BCUT2D eigenvalue weighted by Crippen LogP contribution is -2.55. The van der Waals surface area contributed by atoms with E-state index in [4.69, 9.17) is 16.6 Å². The number of carboxylic acid groups (broad SMARTS) is 2. The quantitative estimate of drug-likeness (QED) is 0.0350. The first-order valence-corrected chi connectivity index (χ1v) is 25.5. The Balaban J connectivity index is 2.29. The molecule has 24 heteroatoms. The SMILES string of the molecule is CC(C)C[C@H](NC(=O)C[C@H](Cc1ccccc1)NC(=O)[C@@H](N)CO)C(=O)N[C@@H](CC(=O)O)CC(=O)N[C@@H](Cc1ccccc1)C(=O)N[C@H](CC(=O)N[C@@H](CCCCN)C(=O)N[C@@H](CO)CC(=O)N[C@@H](C)C(=O)O)C(C)C. The van der Waals surface area contributed by atoms with Crippen molar-refractivity contribution < 1.29 is 68.4 Å². The molecular weight excluding hydrogens is 989 g/mol. The van der Waals surface area contributed by atoms with Gasteiger partial charge >= 0.3 is 11.9 Å². The summed E-state index contributed by atoms with van der Waals surface area (Å²) in [5, 5.41) is 59.2. The number of hydrogen-bond acceptors (Lipinski definition) is 14. The van der Waals surface area contributed by atoms with Crippen molar-refractivity contribution in [2.75, 3.05) is 19.8 Å². The van der Waals surface area contributed by atoms with Gasteiger partial charge in [0.1, 0.15) is 30.2 Å². The summed E-state index contributed by atoms with van der Waals surface area (Å²) in [4.78, 5) is 131. The van der Waals surface area contributed by atoms with Crippen LogP contribution in [-0.2, 0) is 60.8 Å². The van der Waals surface area contributed by atoms with Gasteiger partial charge in [-0.1, -0.05) is 88.4 Å². The molecule has 0 aliphatic heterocycles. The summed E-state index contributed by atoms with van der Waals surface area (Å²) in [5.41, 5.74) is 12.8. The van der Waals surface area contributed by atoms with E-state index in [-0.39, 0.29) is 50.4 Å². The molecular formula is C52H80N10O14. The first-order chi connectivity index (χ1) is 35.9. The Morgan fingerprint density at radius 1 is 0.500 bits per heavy atom. The predicted molar refractivity (Wildman–Crippen MR) is 279 cm³/mol. The Bertz CT molecular complexity index is 2200. The van der Waals surface area contributed by atoms with Gasteiger partial charge in [-0.05, 0) is 68.5 Å². The van der Waals surface area contributed by atoms with Crippen molar-refractivity contribution >= 4 is 59.2 Å². The van der Waals surface area contributed by atoms with Crippen LogP contribution in [0.5, 0.6) is 0 Å². The molecule has 0 heterocycles. The molecule has 0 unspecified atom stereocenters. The fourth-order valence-electron chi connectivity index (χ4n) is 7.87. The zero-order valence-electron chi connectivity index (χ0n) is 44.0. The summed E-state index contributed by atoms with van der Waals surface area (Å²) >= 11 is 0. The lowest BCUT2D eigenvalue weighted by molar-refractivity contribution is -0.141. The second-order valence-corrected chi connectivity index (χ2v) is 19.6. The topological polar surface area (TPSA) is 400 Å². The number of amides is 8. The van der Waals surface area contributed by atoms with E-state index >= 15 is 0 Å². The van der Waals surface area contributed by atoms with E-state index in [1.54, 1.807) is 88.4 Å². The zero-order chi connectivity index (χ0) is 56.9. The molecule has 0 bridgehead atoms. The number of carbonyl (C=O) groups is 10. The van der Waals surface area contributed by atoms with Crippen LogP contribution in [0.25, 0.3) is 0 Å². The van der Waals surface area contributed by atoms with Gasteiger partial charge in [0.05, 0.1) is 25.7 Å². The molecule has 0 aliphatic rings. The van der Waals surface area contributed by atoms with Crippen LogP contribution in [0.3, 0.4) is 0 Å². The van der Waals surface area contributed by atoms with Gasteiger partial charge in [-0.15, -0.1) is 0 Å². The number of rotatable bonds is 36. The third-order valence-corrected chi connectivity index (χ3v) is 12.0. The Morgan fingerprint density at radius 3 is 1.50 bits per heavy atom. The van der Waals surface area contributed by atoms with Gasteiger partial charge < -0.3 is 74.4 Å². The Hall–Kier alpha value is -7.02. The number of nitrogens with one attached hydrogen (secondary N) is 8. The summed E-state index contributed by atoms with van der Waals surface area (Å²) in [6.45, 7) is 7.31. The molecule has 2 aromatic rings. The second kappa shape index (κ2) is 34.5. The predicted octanol–water partition coefficient (Wildman–Crippen LogP) is -1.37. The molecule has 2 aromatic carbocycles. The number of aliphatic carboxylic acids is 2. The van der Waals surface area contributed by atoms with Crippen molar-refractivity contribution in [1.82, 2.24) is 42.5 Å². The minimum Gasteiger partial charge on any atom is -0.481 e. The highest BCUT2D eigenvalue weighted by Gasteiger charge is 2.32.